The Morgan fingerprint density at radius 1 is 1.03 bits per heavy atom. The van der Waals surface area contributed by atoms with E-state index in [1.165, 1.54) is 24.0 Å². The third kappa shape index (κ3) is 5.29. The van der Waals surface area contributed by atoms with E-state index >= 15 is 0 Å². The van der Waals surface area contributed by atoms with Gasteiger partial charge in [0.25, 0.3) is 0 Å². The summed E-state index contributed by atoms with van der Waals surface area (Å²) in [5, 5.41) is 5.03. The zero-order valence-electron chi connectivity index (χ0n) is 19.1. The smallest absolute Gasteiger partial charge is 0.226 e. The van der Waals surface area contributed by atoms with E-state index in [1.54, 1.807) is 7.11 Å². The van der Waals surface area contributed by atoms with Crippen molar-refractivity contribution in [1.29, 1.82) is 0 Å². The highest BCUT2D eigenvalue weighted by Crippen LogP contribution is 2.29. The van der Waals surface area contributed by atoms with Crippen LogP contribution in [0.15, 0.2) is 54.6 Å². The molecule has 3 aromatic rings. The zero-order chi connectivity index (χ0) is 22.6. The average Bonchev–Trinajstić information content (AvgIpc) is 3.67. The first kappa shape index (κ1) is 22.1. The van der Waals surface area contributed by atoms with Crippen molar-refractivity contribution in [2.24, 2.45) is 0 Å². The third-order valence-corrected chi connectivity index (χ3v) is 6.74. The van der Waals surface area contributed by atoms with Crippen LogP contribution in [0, 0.1) is 4.77 Å². The van der Waals surface area contributed by atoms with Crippen LogP contribution in [0.1, 0.15) is 24.0 Å². The molecule has 0 radical (unpaired) electrons. The van der Waals surface area contributed by atoms with E-state index in [0.717, 1.165) is 49.3 Å². The van der Waals surface area contributed by atoms with Gasteiger partial charge in [-0.25, -0.2) is 4.68 Å². The Morgan fingerprint density at radius 3 is 2.42 bits per heavy atom. The van der Waals surface area contributed by atoms with Crippen molar-refractivity contribution in [1.82, 2.24) is 19.2 Å². The summed E-state index contributed by atoms with van der Waals surface area (Å²) >= 11 is 5.97. The van der Waals surface area contributed by atoms with Crippen LogP contribution in [0.2, 0.25) is 0 Å². The molecule has 1 aliphatic heterocycles. The molecular formula is C25H31N5O2S. The summed E-state index contributed by atoms with van der Waals surface area (Å²) in [6.45, 7) is 5.38. The number of hydrogen-bond donors (Lipinski definition) is 0. The van der Waals surface area contributed by atoms with Crippen molar-refractivity contribution in [3.63, 3.8) is 0 Å². The molecule has 0 unspecified atom stereocenters. The van der Waals surface area contributed by atoms with Crippen LogP contribution in [0.3, 0.4) is 0 Å². The number of hydrogen-bond acceptors (Lipinski definition) is 6. The fraction of sp³-hybridized carbons (Fsp3) is 0.440. The van der Waals surface area contributed by atoms with Gasteiger partial charge in [0.2, 0.25) is 10.7 Å². The van der Waals surface area contributed by atoms with Crippen LogP contribution < -0.4 is 9.64 Å². The van der Waals surface area contributed by atoms with E-state index in [0.29, 0.717) is 19.3 Å². The normalized spacial score (nSPS) is 16.4. The van der Waals surface area contributed by atoms with Crippen molar-refractivity contribution >= 4 is 18.2 Å². The van der Waals surface area contributed by atoms with Gasteiger partial charge >= 0.3 is 0 Å². The summed E-state index contributed by atoms with van der Waals surface area (Å²) < 4.78 is 15.8. The van der Waals surface area contributed by atoms with Crippen LogP contribution in [0.25, 0.3) is 0 Å². The fourth-order valence-electron chi connectivity index (χ4n) is 4.30. The van der Waals surface area contributed by atoms with Crippen LogP contribution in [-0.4, -0.2) is 58.7 Å². The number of anilines is 1. The predicted molar refractivity (Wildman–Crippen MR) is 131 cm³/mol. The van der Waals surface area contributed by atoms with Crippen LogP contribution in [-0.2, 0) is 24.5 Å². The van der Waals surface area contributed by atoms with Crippen molar-refractivity contribution in [3.05, 3.63) is 70.5 Å². The van der Waals surface area contributed by atoms with Crippen LogP contribution >= 0.6 is 12.2 Å². The lowest BCUT2D eigenvalue weighted by molar-refractivity contribution is 0.121. The molecule has 2 heterocycles. The van der Waals surface area contributed by atoms with Crippen molar-refractivity contribution in [3.8, 4) is 5.75 Å². The summed E-state index contributed by atoms with van der Waals surface area (Å²) in [5.41, 5.74) is 2.49. The molecule has 1 aromatic heterocycles. The summed E-state index contributed by atoms with van der Waals surface area (Å²) in [7, 11) is 1.70. The summed E-state index contributed by atoms with van der Waals surface area (Å²) in [6, 6.07) is 19.4. The van der Waals surface area contributed by atoms with E-state index in [-0.39, 0.29) is 0 Å². The largest absolute Gasteiger partial charge is 0.497 e. The molecule has 33 heavy (non-hydrogen) atoms. The standard InChI is InChI=1S/C25H31N5O2S/c1-31-23-11-7-21(8-12-23)17-28(22-9-10-22)19-30-25(33)29(18-20-5-3-2-4-6-20)24(26-30)27-13-15-32-16-14-27/h2-8,11-12,22H,9-10,13-19H2,1H3. The Bertz CT molecular complexity index is 1100. The van der Waals surface area contributed by atoms with Gasteiger partial charge in [-0.1, -0.05) is 42.5 Å². The first-order valence-corrected chi connectivity index (χ1v) is 12.0. The molecule has 1 saturated carbocycles. The molecule has 5 rings (SSSR count). The van der Waals surface area contributed by atoms with Crippen molar-refractivity contribution < 1.29 is 9.47 Å². The van der Waals surface area contributed by atoms with Crippen molar-refractivity contribution in [2.45, 2.75) is 38.6 Å². The van der Waals surface area contributed by atoms with Gasteiger partial charge in [-0.05, 0) is 48.3 Å². The van der Waals surface area contributed by atoms with E-state index < -0.39 is 0 Å². The second-order valence-corrected chi connectivity index (χ2v) is 9.09. The van der Waals surface area contributed by atoms with Crippen LogP contribution in [0.4, 0.5) is 5.95 Å². The first-order valence-electron chi connectivity index (χ1n) is 11.6. The first-order chi connectivity index (χ1) is 16.2. The Kier molecular flexibility index (Phi) is 6.75. The zero-order valence-corrected chi connectivity index (χ0v) is 19.9. The highest BCUT2D eigenvalue weighted by atomic mass is 32.1. The number of methoxy groups -OCH3 is 1. The molecule has 174 valence electrons. The van der Waals surface area contributed by atoms with Gasteiger partial charge in [0.05, 0.1) is 33.5 Å². The van der Waals surface area contributed by atoms with Gasteiger partial charge in [-0.2, -0.15) is 0 Å². The molecule has 1 saturated heterocycles. The number of benzene rings is 2. The lowest BCUT2D eigenvalue weighted by Gasteiger charge is -2.27. The fourth-order valence-corrected chi connectivity index (χ4v) is 4.54. The number of aromatic nitrogens is 3. The lowest BCUT2D eigenvalue weighted by Crippen LogP contribution is -2.38. The van der Waals surface area contributed by atoms with E-state index in [2.05, 4.69) is 50.8 Å². The number of morpholine rings is 1. The molecule has 7 nitrogen and oxygen atoms in total. The lowest BCUT2D eigenvalue weighted by atomic mass is 10.2. The monoisotopic (exact) mass is 465 g/mol. The maximum Gasteiger partial charge on any atom is 0.226 e. The van der Waals surface area contributed by atoms with Crippen LogP contribution in [0.5, 0.6) is 5.75 Å². The van der Waals surface area contributed by atoms with Gasteiger partial charge in [-0.15, -0.1) is 5.10 Å². The highest BCUT2D eigenvalue weighted by Gasteiger charge is 2.30. The minimum absolute atomic E-state index is 0.583. The van der Waals surface area contributed by atoms with E-state index in [1.807, 2.05) is 22.9 Å². The molecule has 0 bridgehead atoms. The van der Waals surface area contributed by atoms with Gasteiger partial charge < -0.3 is 14.4 Å². The minimum Gasteiger partial charge on any atom is -0.497 e. The summed E-state index contributed by atoms with van der Waals surface area (Å²) in [6.07, 6.45) is 2.45. The molecular weight excluding hydrogens is 434 g/mol. The second kappa shape index (κ2) is 10.1. The Hall–Kier alpha value is -2.68. The molecule has 2 aliphatic rings. The number of rotatable bonds is 9. The maximum absolute atomic E-state index is 5.97. The highest BCUT2D eigenvalue weighted by molar-refractivity contribution is 7.71. The molecule has 0 amide bonds. The topological polar surface area (TPSA) is 47.7 Å². The molecule has 0 atom stereocenters. The maximum atomic E-state index is 5.97. The molecule has 8 heteroatoms. The Balaban J connectivity index is 1.41. The Morgan fingerprint density at radius 2 is 1.76 bits per heavy atom. The van der Waals surface area contributed by atoms with Gasteiger partial charge in [0.15, 0.2) is 0 Å². The van der Waals surface area contributed by atoms with Gasteiger partial charge in [0.1, 0.15) is 5.75 Å². The molecule has 1 aliphatic carbocycles. The van der Waals surface area contributed by atoms with E-state index in [4.69, 9.17) is 26.8 Å². The molecule has 0 N–H and O–H groups in total. The SMILES string of the molecule is COc1ccc(CN(Cn2nc(N3CCOCC3)n(Cc3ccccc3)c2=S)C2CC2)cc1. The van der Waals surface area contributed by atoms with Crippen molar-refractivity contribution in [2.75, 3.05) is 38.3 Å². The van der Waals surface area contributed by atoms with E-state index in [9.17, 15) is 0 Å². The average molecular weight is 466 g/mol. The van der Waals surface area contributed by atoms with Gasteiger partial charge in [0, 0.05) is 25.7 Å². The number of ether oxygens (including phenoxy) is 2. The quantitative estimate of drug-likeness (QED) is 0.447. The predicted octanol–water partition coefficient (Wildman–Crippen LogP) is 3.93. The molecule has 0 spiro atoms. The second-order valence-electron chi connectivity index (χ2n) is 8.72. The summed E-state index contributed by atoms with van der Waals surface area (Å²) in [4.78, 5) is 4.78. The number of nitrogens with zero attached hydrogens (tertiary/aromatic N) is 5. The van der Waals surface area contributed by atoms with Gasteiger partial charge in [-0.3, -0.25) is 9.47 Å². The Labute approximate surface area is 200 Å². The minimum atomic E-state index is 0.583. The summed E-state index contributed by atoms with van der Waals surface area (Å²) in [5.74, 6) is 1.82. The molecule has 2 aromatic carbocycles. The third-order valence-electron chi connectivity index (χ3n) is 6.30. The molecule has 2 fully saturated rings.